The van der Waals surface area contributed by atoms with Crippen molar-refractivity contribution in [3.05, 3.63) is 30.4 Å². The van der Waals surface area contributed by atoms with E-state index < -0.39 is 0 Å². The van der Waals surface area contributed by atoms with Crippen LogP contribution >= 0.6 is 0 Å². The molecule has 6 heteroatoms. The van der Waals surface area contributed by atoms with Gasteiger partial charge in [-0.2, -0.15) is 4.68 Å². The molecule has 82 valence electrons. The first-order chi connectivity index (χ1) is 7.93. The summed E-state index contributed by atoms with van der Waals surface area (Å²) in [5, 5.41) is 15.0. The van der Waals surface area contributed by atoms with Crippen LogP contribution in [0.15, 0.2) is 24.5 Å². The van der Waals surface area contributed by atoms with Crippen molar-refractivity contribution in [2.45, 2.75) is 25.4 Å². The number of hydrogen-bond donors (Lipinski definition) is 1. The zero-order valence-electron chi connectivity index (χ0n) is 8.74. The van der Waals surface area contributed by atoms with Gasteiger partial charge < -0.3 is 5.32 Å². The Morgan fingerprint density at radius 3 is 3.12 bits per heavy atom. The molecule has 2 heterocycles. The van der Waals surface area contributed by atoms with Gasteiger partial charge in [-0.05, 0) is 35.4 Å². The van der Waals surface area contributed by atoms with Crippen molar-refractivity contribution in [2.24, 2.45) is 0 Å². The number of pyridine rings is 1. The normalized spacial score (nSPS) is 15.2. The summed E-state index contributed by atoms with van der Waals surface area (Å²) in [6.45, 7) is 0.701. The number of nitrogens with one attached hydrogen (secondary N) is 1. The van der Waals surface area contributed by atoms with Crippen LogP contribution in [0.25, 0.3) is 5.69 Å². The molecular weight excluding hydrogens is 204 g/mol. The zero-order chi connectivity index (χ0) is 10.8. The predicted molar refractivity (Wildman–Crippen MR) is 56.8 cm³/mol. The van der Waals surface area contributed by atoms with Crippen LogP contribution in [0.1, 0.15) is 18.7 Å². The van der Waals surface area contributed by atoms with Gasteiger partial charge in [-0.3, -0.25) is 4.98 Å². The van der Waals surface area contributed by atoms with Crippen LogP contribution in [0.2, 0.25) is 0 Å². The molecule has 0 atom stereocenters. The number of hydrogen-bond acceptors (Lipinski definition) is 5. The molecule has 0 amide bonds. The number of aromatic nitrogens is 5. The highest BCUT2D eigenvalue weighted by atomic mass is 15.5. The van der Waals surface area contributed by atoms with E-state index in [9.17, 15) is 0 Å². The lowest BCUT2D eigenvalue weighted by molar-refractivity contribution is 0.637. The third-order valence-corrected chi connectivity index (χ3v) is 2.55. The first kappa shape index (κ1) is 9.41. The van der Waals surface area contributed by atoms with Gasteiger partial charge in [-0.15, -0.1) is 5.10 Å². The maximum absolute atomic E-state index is 4.05. The molecule has 1 saturated carbocycles. The van der Waals surface area contributed by atoms with Gasteiger partial charge in [0.25, 0.3) is 0 Å². The molecule has 0 spiro atoms. The van der Waals surface area contributed by atoms with Crippen molar-refractivity contribution in [3.8, 4) is 5.69 Å². The predicted octanol–water partition coefficient (Wildman–Crippen LogP) is 0.309. The highest BCUT2D eigenvalue weighted by Gasteiger charge is 2.21. The second-order valence-corrected chi connectivity index (χ2v) is 3.87. The average molecular weight is 216 g/mol. The smallest absolute Gasteiger partial charge is 0.170 e. The Morgan fingerprint density at radius 1 is 1.44 bits per heavy atom. The summed E-state index contributed by atoms with van der Waals surface area (Å²) in [6.07, 6.45) is 6.00. The fourth-order valence-corrected chi connectivity index (χ4v) is 1.52. The molecule has 0 saturated heterocycles. The van der Waals surface area contributed by atoms with E-state index in [1.165, 1.54) is 12.8 Å². The SMILES string of the molecule is c1cncc(-n2nnnc2CNC2CC2)c1. The molecule has 16 heavy (non-hydrogen) atoms. The molecule has 6 nitrogen and oxygen atoms in total. The molecule has 2 aromatic rings. The van der Waals surface area contributed by atoms with E-state index in [2.05, 4.69) is 25.8 Å². The number of tetrazole rings is 1. The summed E-state index contributed by atoms with van der Waals surface area (Å²) in [4.78, 5) is 4.05. The van der Waals surface area contributed by atoms with E-state index in [0.29, 0.717) is 12.6 Å². The van der Waals surface area contributed by atoms with Crippen molar-refractivity contribution < 1.29 is 0 Å². The summed E-state index contributed by atoms with van der Waals surface area (Å²) in [7, 11) is 0. The Bertz CT molecular complexity index is 461. The van der Waals surface area contributed by atoms with Gasteiger partial charge in [0.1, 0.15) is 0 Å². The Labute approximate surface area is 92.7 Å². The molecule has 0 aromatic carbocycles. The maximum Gasteiger partial charge on any atom is 0.170 e. The Balaban J connectivity index is 1.81. The second-order valence-electron chi connectivity index (χ2n) is 3.87. The lowest BCUT2D eigenvalue weighted by atomic mass is 10.4. The minimum absolute atomic E-state index is 0.652. The Kier molecular flexibility index (Phi) is 2.34. The minimum Gasteiger partial charge on any atom is -0.307 e. The molecule has 1 fully saturated rings. The van der Waals surface area contributed by atoms with Gasteiger partial charge in [0.05, 0.1) is 18.4 Å². The van der Waals surface area contributed by atoms with Crippen LogP contribution in [-0.2, 0) is 6.54 Å². The summed E-state index contributed by atoms with van der Waals surface area (Å²) in [6, 6.07) is 4.46. The summed E-state index contributed by atoms with van der Waals surface area (Å²) in [5.41, 5.74) is 0.889. The quantitative estimate of drug-likeness (QED) is 0.796. The highest BCUT2D eigenvalue weighted by Crippen LogP contribution is 2.19. The molecule has 1 N–H and O–H groups in total. The van der Waals surface area contributed by atoms with Gasteiger partial charge in [0.2, 0.25) is 0 Å². The van der Waals surface area contributed by atoms with E-state index in [1.807, 2.05) is 12.1 Å². The van der Waals surface area contributed by atoms with E-state index in [4.69, 9.17) is 0 Å². The van der Waals surface area contributed by atoms with Crippen LogP contribution in [0.3, 0.4) is 0 Å². The van der Waals surface area contributed by atoms with Crippen molar-refractivity contribution in [3.63, 3.8) is 0 Å². The van der Waals surface area contributed by atoms with E-state index in [1.54, 1.807) is 17.1 Å². The van der Waals surface area contributed by atoms with Gasteiger partial charge >= 0.3 is 0 Å². The third kappa shape index (κ3) is 1.92. The van der Waals surface area contributed by atoms with Crippen molar-refractivity contribution >= 4 is 0 Å². The average Bonchev–Trinajstić information content (AvgIpc) is 3.05. The van der Waals surface area contributed by atoms with E-state index in [0.717, 1.165) is 11.5 Å². The summed E-state index contributed by atoms with van der Waals surface area (Å²) < 4.78 is 1.71. The molecule has 3 rings (SSSR count). The highest BCUT2D eigenvalue weighted by molar-refractivity contribution is 5.26. The molecular formula is C10H12N6. The van der Waals surface area contributed by atoms with Gasteiger partial charge in [-0.1, -0.05) is 0 Å². The van der Waals surface area contributed by atoms with Crippen molar-refractivity contribution in [2.75, 3.05) is 0 Å². The molecule has 2 aromatic heterocycles. The van der Waals surface area contributed by atoms with E-state index in [-0.39, 0.29) is 0 Å². The number of rotatable bonds is 4. The van der Waals surface area contributed by atoms with Crippen LogP contribution < -0.4 is 5.32 Å². The maximum atomic E-state index is 4.05. The third-order valence-electron chi connectivity index (χ3n) is 2.55. The lowest BCUT2D eigenvalue weighted by Crippen LogP contribution is -2.18. The van der Waals surface area contributed by atoms with Gasteiger partial charge in [-0.25, -0.2) is 0 Å². The Morgan fingerprint density at radius 2 is 2.38 bits per heavy atom. The second kappa shape index (κ2) is 3.97. The first-order valence-corrected chi connectivity index (χ1v) is 5.34. The van der Waals surface area contributed by atoms with Crippen LogP contribution in [0.5, 0.6) is 0 Å². The zero-order valence-corrected chi connectivity index (χ0v) is 8.74. The largest absolute Gasteiger partial charge is 0.307 e. The summed E-state index contributed by atoms with van der Waals surface area (Å²) in [5.74, 6) is 0.819. The first-order valence-electron chi connectivity index (χ1n) is 5.34. The topological polar surface area (TPSA) is 68.5 Å². The van der Waals surface area contributed by atoms with Gasteiger partial charge in [0, 0.05) is 12.2 Å². The van der Waals surface area contributed by atoms with Crippen molar-refractivity contribution in [1.29, 1.82) is 0 Å². The fraction of sp³-hybridized carbons (Fsp3) is 0.400. The fourth-order valence-electron chi connectivity index (χ4n) is 1.52. The molecule has 0 unspecified atom stereocenters. The molecule has 0 radical (unpaired) electrons. The number of nitrogens with zero attached hydrogens (tertiary/aromatic N) is 5. The molecule has 1 aliphatic rings. The standard InChI is InChI=1S/C10H12N6/c1-2-9(6-11-5-1)16-10(13-14-15-16)7-12-8-3-4-8/h1-2,5-6,8,12H,3-4,7H2. The van der Waals surface area contributed by atoms with E-state index >= 15 is 0 Å². The summed E-state index contributed by atoms with van der Waals surface area (Å²) >= 11 is 0. The van der Waals surface area contributed by atoms with Crippen molar-refractivity contribution in [1.82, 2.24) is 30.5 Å². The molecule has 1 aliphatic carbocycles. The molecule has 0 bridgehead atoms. The van der Waals surface area contributed by atoms with Crippen LogP contribution in [-0.4, -0.2) is 31.2 Å². The minimum atomic E-state index is 0.652. The van der Waals surface area contributed by atoms with Gasteiger partial charge in [0.15, 0.2) is 5.82 Å². The Hall–Kier alpha value is -1.82. The lowest BCUT2D eigenvalue weighted by Gasteiger charge is -2.04. The molecule has 0 aliphatic heterocycles. The van der Waals surface area contributed by atoms with Crippen LogP contribution in [0.4, 0.5) is 0 Å². The van der Waals surface area contributed by atoms with Crippen LogP contribution in [0, 0.1) is 0 Å². The monoisotopic (exact) mass is 216 g/mol.